The molecule has 0 fully saturated rings. The van der Waals surface area contributed by atoms with Crippen LogP contribution in [0.25, 0.3) is 17.2 Å². The molecule has 4 aromatic rings. The summed E-state index contributed by atoms with van der Waals surface area (Å²) in [5, 5.41) is 0. The summed E-state index contributed by atoms with van der Waals surface area (Å²) in [4.78, 5) is 15.9. The van der Waals surface area contributed by atoms with Crippen molar-refractivity contribution >= 4 is 5.65 Å². The lowest BCUT2D eigenvalue weighted by Gasteiger charge is -2.06. The van der Waals surface area contributed by atoms with Gasteiger partial charge in [0.15, 0.2) is 5.82 Å². The first kappa shape index (κ1) is 11.0. The average Bonchev–Trinajstić information content (AvgIpc) is 3.19. The highest BCUT2D eigenvalue weighted by Gasteiger charge is 2.09. The zero-order valence-electron chi connectivity index (χ0n) is 10.6. The van der Waals surface area contributed by atoms with Crippen LogP contribution in [0.4, 0.5) is 0 Å². The summed E-state index contributed by atoms with van der Waals surface area (Å²) in [7, 11) is 0. The number of nitrogens with one attached hydrogen (secondary N) is 1. The fraction of sp³-hybridized carbons (Fsp3) is 0.0714. The molecule has 6 nitrogen and oxygen atoms in total. The van der Waals surface area contributed by atoms with Crippen LogP contribution in [0.1, 0.15) is 5.69 Å². The molecule has 0 aliphatic rings. The van der Waals surface area contributed by atoms with Gasteiger partial charge in [-0.15, -0.1) is 0 Å². The van der Waals surface area contributed by atoms with Gasteiger partial charge in [-0.2, -0.15) is 0 Å². The summed E-state index contributed by atoms with van der Waals surface area (Å²) in [5.74, 6) is 0.869. The SMILES string of the molecule is c1ccn2c(Cn3ccnc3-c3cnc[nH]3)cnc2c1. The van der Waals surface area contributed by atoms with Crippen LogP contribution >= 0.6 is 0 Å². The molecule has 6 heteroatoms. The van der Waals surface area contributed by atoms with Gasteiger partial charge in [-0.25, -0.2) is 15.0 Å². The third-order valence-corrected chi connectivity index (χ3v) is 3.28. The summed E-state index contributed by atoms with van der Waals surface area (Å²) in [5.41, 5.74) is 2.97. The van der Waals surface area contributed by atoms with Gasteiger partial charge in [0.1, 0.15) is 11.3 Å². The quantitative estimate of drug-likeness (QED) is 0.615. The molecule has 0 aromatic carbocycles. The molecular weight excluding hydrogens is 252 g/mol. The standard InChI is InChI=1S/C14H12N6/c1-2-5-20-11(7-17-13(20)3-1)9-19-6-4-16-14(19)12-8-15-10-18-12/h1-8,10H,9H2,(H,15,18). The van der Waals surface area contributed by atoms with Crippen molar-refractivity contribution in [2.45, 2.75) is 6.54 Å². The first-order chi connectivity index (χ1) is 9.92. The van der Waals surface area contributed by atoms with Crippen LogP contribution in [0.2, 0.25) is 0 Å². The van der Waals surface area contributed by atoms with Crippen LogP contribution in [0.3, 0.4) is 0 Å². The molecule has 0 aliphatic heterocycles. The molecule has 0 saturated carbocycles. The number of H-pyrrole nitrogens is 1. The van der Waals surface area contributed by atoms with E-state index in [-0.39, 0.29) is 0 Å². The predicted molar refractivity (Wildman–Crippen MR) is 74.1 cm³/mol. The van der Waals surface area contributed by atoms with Crippen molar-refractivity contribution < 1.29 is 0 Å². The van der Waals surface area contributed by atoms with Gasteiger partial charge >= 0.3 is 0 Å². The number of aromatic amines is 1. The molecule has 0 spiro atoms. The Bertz CT molecular complexity index is 839. The van der Waals surface area contributed by atoms with Crippen LogP contribution in [0.15, 0.2) is 55.5 Å². The van der Waals surface area contributed by atoms with Gasteiger partial charge in [0.05, 0.1) is 31.0 Å². The van der Waals surface area contributed by atoms with E-state index in [1.807, 2.05) is 36.8 Å². The zero-order valence-corrected chi connectivity index (χ0v) is 10.6. The largest absolute Gasteiger partial charge is 0.342 e. The molecule has 0 radical (unpaired) electrons. The first-order valence-electron chi connectivity index (χ1n) is 6.33. The third-order valence-electron chi connectivity index (χ3n) is 3.28. The number of imidazole rings is 3. The molecule has 1 N–H and O–H groups in total. The van der Waals surface area contributed by atoms with E-state index in [4.69, 9.17) is 0 Å². The molecule has 4 rings (SSSR count). The number of hydrogen-bond donors (Lipinski definition) is 1. The Morgan fingerprint density at radius 3 is 3.00 bits per heavy atom. The molecule has 4 aromatic heterocycles. The number of hydrogen-bond acceptors (Lipinski definition) is 3. The van der Waals surface area contributed by atoms with Gasteiger partial charge in [-0.1, -0.05) is 6.07 Å². The van der Waals surface area contributed by atoms with Crippen LogP contribution in [0.5, 0.6) is 0 Å². The Morgan fingerprint density at radius 2 is 2.10 bits per heavy atom. The molecule has 0 atom stereocenters. The van der Waals surface area contributed by atoms with E-state index in [0.717, 1.165) is 22.9 Å². The molecular formula is C14H12N6. The van der Waals surface area contributed by atoms with E-state index in [2.05, 4.69) is 28.9 Å². The topological polar surface area (TPSA) is 63.8 Å². The minimum absolute atomic E-state index is 0.708. The van der Waals surface area contributed by atoms with Crippen LogP contribution in [0, 0.1) is 0 Å². The summed E-state index contributed by atoms with van der Waals surface area (Å²) in [6, 6.07) is 5.98. The summed E-state index contributed by atoms with van der Waals surface area (Å²) in [6.07, 6.45) is 11.1. The zero-order chi connectivity index (χ0) is 13.4. The third kappa shape index (κ3) is 1.70. The van der Waals surface area contributed by atoms with Crippen molar-refractivity contribution in [2.24, 2.45) is 0 Å². The monoisotopic (exact) mass is 264 g/mol. The van der Waals surface area contributed by atoms with E-state index in [0.29, 0.717) is 6.54 Å². The van der Waals surface area contributed by atoms with Gasteiger partial charge in [0.25, 0.3) is 0 Å². The Balaban J connectivity index is 1.75. The molecule has 0 amide bonds. The lowest BCUT2D eigenvalue weighted by molar-refractivity contribution is 0.771. The van der Waals surface area contributed by atoms with E-state index < -0.39 is 0 Å². The van der Waals surface area contributed by atoms with Crippen LogP contribution in [-0.2, 0) is 6.54 Å². The van der Waals surface area contributed by atoms with Crippen LogP contribution < -0.4 is 0 Å². The minimum atomic E-state index is 0.708. The van der Waals surface area contributed by atoms with Crippen molar-refractivity contribution in [1.29, 1.82) is 0 Å². The van der Waals surface area contributed by atoms with Gasteiger partial charge in [0, 0.05) is 18.6 Å². The van der Waals surface area contributed by atoms with Crippen molar-refractivity contribution in [3.63, 3.8) is 0 Å². The number of rotatable bonds is 3. The highest BCUT2D eigenvalue weighted by molar-refractivity contribution is 5.48. The maximum atomic E-state index is 4.40. The van der Waals surface area contributed by atoms with Crippen molar-refractivity contribution in [2.75, 3.05) is 0 Å². The Labute approximate surface area is 114 Å². The number of fused-ring (bicyclic) bond motifs is 1. The first-order valence-corrected chi connectivity index (χ1v) is 6.33. The number of aromatic nitrogens is 6. The summed E-state index contributed by atoms with van der Waals surface area (Å²) < 4.78 is 4.15. The van der Waals surface area contributed by atoms with Crippen molar-refractivity contribution in [1.82, 2.24) is 28.9 Å². The molecule has 0 aliphatic carbocycles. The van der Waals surface area contributed by atoms with E-state index in [9.17, 15) is 0 Å². The van der Waals surface area contributed by atoms with E-state index in [1.165, 1.54) is 0 Å². The highest BCUT2D eigenvalue weighted by atomic mass is 15.1. The lowest BCUT2D eigenvalue weighted by Crippen LogP contribution is -2.03. The van der Waals surface area contributed by atoms with E-state index in [1.54, 1.807) is 18.7 Å². The van der Waals surface area contributed by atoms with Crippen molar-refractivity contribution in [3.05, 3.63) is 61.2 Å². The fourth-order valence-electron chi connectivity index (χ4n) is 2.34. The van der Waals surface area contributed by atoms with Gasteiger partial charge in [0.2, 0.25) is 0 Å². The smallest absolute Gasteiger partial charge is 0.158 e. The molecule has 20 heavy (non-hydrogen) atoms. The molecule has 0 saturated heterocycles. The molecule has 0 unspecified atom stereocenters. The number of nitrogens with zero attached hydrogens (tertiary/aromatic N) is 5. The second-order valence-electron chi connectivity index (χ2n) is 4.52. The second kappa shape index (κ2) is 4.34. The molecule has 4 heterocycles. The summed E-state index contributed by atoms with van der Waals surface area (Å²) >= 11 is 0. The Kier molecular flexibility index (Phi) is 2.38. The van der Waals surface area contributed by atoms with Crippen molar-refractivity contribution in [3.8, 4) is 11.5 Å². The maximum absolute atomic E-state index is 4.40. The lowest BCUT2D eigenvalue weighted by atomic mass is 10.4. The highest BCUT2D eigenvalue weighted by Crippen LogP contribution is 2.16. The van der Waals surface area contributed by atoms with Gasteiger partial charge < -0.3 is 14.0 Å². The predicted octanol–water partition coefficient (Wildman–Crippen LogP) is 1.97. The minimum Gasteiger partial charge on any atom is -0.342 e. The second-order valence-corrected chi connectivity index (χ2v) is 4.52. The fourth-order valence-corrected chi connectivity index (χ4v) is 2.34. The van der Waals surface area contributed by atoms with Gasteiger partial charge in [-0.3, -0.25) is 0 Å². The maximum Gasteiger partial charge on any atom is 0.158 e. The normalized spacial score (nSPS) is 11.2. The molecule has 98 valence electrons. The van der Waals surface area contributed by atoms with E-state index >= 15 is 0 Å². The summed E-state index contributed by atoms with van der Waals surface area (Å²) in [6.45, 7) is 0.708. The Morgan fingerprint density at radius 1 is 1.10 bits per heavy atom. The molecule has 0 bridgehead atoms. The van der Waals surface area contributed by atoms with Crippen LogP contribution in [-0.4, -0.2) is 28.9 Å². The number of pyridine rings is 1. The van der Waals surface area contributed by atoms with Gasteiger partial charge in [-0.05, 0) is 12.1 Å². The Hall–Kier alpha value is -2.89. The average molecular weight is 264 g/mol.